The number of nitrogens with one attached hydrogen (secondary N) is 2. The molecular weight excluding hydrogens is 398 g/mol. The van der Waals surface area contributed by atoms with Gasteiger partial charge in [0.15, 0.2) is 0 Å². The van der Waals surface area contributed by atoms with Crippen molar-refractivity contribution in [1.82, 2.24) is 15.0 Å². The third-order valence-corrected chi connectivity index (χ3v) is 5.03. The number of aromatic nitrogens is 3. The molecule has 158 valence electrons. The molecule has 3 heterocycles. The van der Waals surface area contributed by atoms with Crippen molar-refractivity contribution in [3.05, 3.63) is 77.9 Å². The molecule has 5 nitrogen and oxygen atoms in total. The fourth-order valence-corrected chi connectivity index (χ4v) is 3.29. The average Bonchev–Trinajstić information content (AvgIpc) is 3.09. The van der Waals surface area contributed by atoms with Gasteiger partial charge < -0.3 is 10.3 Å². The van der Waals surface area contributed by atoms with Crippen molar-refractivity contribution in [3.8, 4) is 11.1 Å². The number of carbonyl (C=O) groups excluding carboxylic acids is 1. The number of pyridine rings is 2. The van der Waals surface area contributed by atoms with Gasteiger partial charge in [-0.25, -0.2) is 13.8 Å². The fourth-order valence-electron chi connectivity index (χ4n) is 3.29. The summed E-state index contributed by atoms with van der Waals surface area (Å²) in [5.41, 5.74) is 3.23. The molecule has 0 aliphatic carbocycles. The van der Waals surface area contributed by atoms with Crippen molar-refractivity contribution in [2.75, 3.05) is 5.32 Å². The largest absolute Gasteiger partial charge is 0.343 e. The lowest BCUT2D eigenvalue weighted by Crippen LogP contribution is -2.17. The molecule has 0 unspecified atom stereocenters. The number of aromatic amines is 1. The quantitative estimate of drug-likeness (QED) is 0.466. The van der Waals surface area contributed by atoms with Crippen LogP contribution in [0.15, 0.2) is 55.0 Å². The molecule has 0 saturated carbocycles. The Morgan fingerprint density at radius 3 is 2.48 bits per heavy atom. The molecular formula is C24H22F2N4O. The Labute approximate surface area is 178 Å². The van der Waals surface area contributed by atoms with E-state index in [-0.39, 0.29) is 23.3 Å². The zero-order valence-electron chi connectivity index (χ0n) is 17.5. The number of amides is 1. The zero-order valence-corrected chi connectivity index (χ0v) is 17.5. The number of fused-ring (bicyclic) bond motifs is 1. The highest BCUT2D eigenvalue weighted by Crippen LogP contribution is 2.26. The summed E-state index contributed by atoms with van der Waals surface area (Å²) in [7, 11) is 0. The van der Waals surface area contributed by atoms with Gasteiger partial charge in [0.1, 0.15) is 17.3 Å². The van der Waals surface area contributed by atoms with Gasteiger partial charge in [0, 0.05) is 29.1 Å². The maximum atomic E-state index is 14.7. The van der Waals surface area contributed by atoms with Crippen LogP contribution in [-0.2, 0) is 16.6 Å². The van der Waals surface area contributed by atoms with Gasteiger partial charge in [-0.15, -0.1) is 0 Å². The first-order chi connectivity index (χ1) is 14.7. The predicted octanol–water partition coefficient (Wildman–Crippen LogP) is 5.38. The van der Waals surface area contributed by atoms with Gasteiger partial charge in [-0.1, -0.05) is 32.9 Å². The molecule has 4 aromatic rings. The van der Waals surface area contributed by atoms with Gasteiger partial charge in [0.05, 0.1) is 23.7 Å². The second-order valence-electron chi connectivity index (χ2n) is 8.47. The molecule has 0 aliphatic rings. The Morgan fingerprint density at radius 2 is 1.81 bits per heavy atom. The Bertz CT molecular complexity index is 1260. The van der Waals surface area contributed by atoms with E-state index in [0.29, 0.717) is 27.8 Å². The number of hydrogen-bond acceptors (Lipinski definition) is 3. The highest BCUT2D eigenvalue weighted by atomic mass is 19.1. The first-order valence-electron chi connectivity index (χ1n) is 9.88. The van der Waals surface area contributed by atoms with E-state index >= 15 is 0 Å². The molecule has 4 rings (SSSR count). The van der Waals surface area contributed by atoms with Crippen LogP contribution >= 0.6 is 0 Å². The van der Waals surface area contributed by atoms with Crippen molar-refractivity contribution in [2.24, 2.45) is 0 Å². The predicted molar refractivity (Wildman–Crippen MR) is 117 cm³/mol. The van der Waals surface area contributed by atoms with Gasteiger partial charge in [-0.05, 0) is 35.4 Å². The Hall–Kier alpha value is -3.61. The summed E-state index contributed by atoms with van der Waals surface area (Å²) in [5.74, 6) is -1.26. The van der Waals surface area contributed by atoms with Gasteiger partial charge in [0.2, 0.25) is 5.91 Å². The van der Waals surface area contributed by atoms with Crippen LogP contribution < -0.4 is 5.32 Å². The minimum Gasteiger partial charge on any atom is -0.343 e. The number of hydrogen-bond donors (Lipinski definition) is 2. The van der Waals surface area contributed by atoms with Crippen molar-refractivity contribution < 1.29 is 13.6 Å². The lowest BCUT2D eigenvalue weighted by Gasteiger charge is -2.17. The molecule has 7 heteroatoms. The first kappa shape index (κ1) is 20.7. The highest BCUT2D eigenvalue weighted by molar-refractivity contribution is 5.92. The molecule has 1 amide bonds. The molecule has 0 atom stereocenters. The number of benzene rings is 1. The maximum absolute atomic E-state index is 14.7. The van der Waals surface area contributed by atoms with E-state index in [1.807, 2.05) is 6.07 Å². The molecule has 0 saturated heterocycles. The van der Waals surface area contributed by atoms with Gasteiger partial charge in [-0.2, -0.15) is 0 Å². The highest BCUT2D eigenvalue weighted by Gasteiger charge is 2.16. The van der Waals surface area contributed by atoms with Gasteiger partial charge in [-0.3, -0.25) is 9.78 Å². The summed E-state index contributed by atoms with van der Waals surface area (Å²) in [6.45, 7) is 6.18. The first-order valence-corrected chi connectivity index (χ1v) is 9.88. The SMILES string of the molecule is CC(C)(C)c1ccc(NC(=O)Cc2ccc(-c3cnc4[nH]cc(F)c4c3)cc2F)cn1. The second kappa shape index (κ2) is 7.91. The van der Waals surface area contributed by atoms with Crippen LogP contribution in [0.3, 0.4) is 0 Å². The molecule has 0 fully saturated rings. The molecule has 2 N–H and O–H groups in total. The van der Waals surface area contributed by atoms with Crippen LogP contribution in [0.1, 0.15) is 32.0 Å². The van der Waals surface area contributed by atoms with Crippen molar-refractivity contribution in [1.29, 1.82) is 0 Å². The van der Waals surface area contributed by atoms with Crippen LogP contribution in [0, 0.1) is 11.6 Å². The van der Waals surface area contributed by atoms with Crippen LogP contribution in [-0.4, -0.2) is 20.9 Å². The molecule has 31 heavy (non-hydrogen) atoms. The lowest BCUT2D eigenvalue weighted by atomic mass is 9.92. The third kappa shape index (κ3) is 4.45. The minimum atomic E-state index is -0.511. The van der Waals surface area contributed by atoms with Crippen LogP contribution in [0.25, 0.3) is 22.2 Å². The van der Waals surface area contributed by atoms with Crippen molar-refractivity contribution in [2.45, 2.75) is 32.6 Å². The number of rotatable bonds is 4. The standard InChI is InChI=1S/C24H22F2N4O/c1-24(2,3)21-7-6-17(12-27-21)30-22(31)10-15-5-4-14(9-19(15)25)16-8-18-20(26)13-29-23(18)28-11-16/h4-9,11-13H,10H2,1-3H3,(H,28,29)(H,30,31). The zero-order chi connectivity index (χ0) is 22.2. The van der Waals surface area contributed by atoms with E-state index in [9.17, 15) is 13.6 Å². The van der Waals surface area contributed by atoms with E-state index in [0.717, 1.165) is 5.69 Å². The summed E-state index contributed by atoms with van der Waals surface area (Å²) in [4.78, 5) is 23.6. The van der Waals surface area contributed by atoms with E-state index in [2.05, 4.69) is 41.0 Å². The van der Waals surface area contributed by atoms with Crippen molar-refractivity contribution >= 4 is 22.6 Å². The van der Waals surface area contributed by atoms with Crippen LogP contribution in [0.4, 0.5) is 14.5 Å². The number of nitrogens with zero attached hydrogens (tertiary/aromatic N) is 2. The Kier molecular flexibility index (Phi) is 5.27. The molecule has 0 aliphatic heterocycles. The monoisotopic (exact) mass is 420 g/mol. The van der Waals surface area contributed by atoms with Crippen LogP contribution in [0.5, 0.6) is 0 Å². The van der Waals surface area contributed by atoms with Gasteiger partial charge in [0.25, 0.3) is 0 Å². The van der Waals surface area contributed by atoms with E-state index < -0.39 is 11.6 Å². The molecule has 0 radical (unpaired) electrons. The van der Waals surface area contributed by atoms with E-state index in [1.165, 1.54) is 12.3 Å². The molecule has 1 aromatic carbocycles. The van der Waals surface area contributed by atoms with E-state index in [4.69, 9.17) is 0 Å². The van der Waals surface area contributed by atoms with Crippen LogP contribution in [0.2, 0.25) is 0 Å². The maximum Gasteiger partial charge on any atom is 0.228 e. The van der Waals surface area contributed by atoms with E-state index in [1.54, 1.807) is 36.7 Å². The fraction of sp³-hybridized carbons (Fsp3) is 0.208. The average molecular weight is 420 g/mol. The molecule has 0 bridgehead atoms. The summed E-state index contributed by atoms with van der Waals surface area (Å²) in [6, 6.07) is 9.85. The summed E-state index contributed by atoms with van der Waals surface area (Å²) < 4.78 is 28.5. The Morgan fingerprint density at radius 1 is 1.00 bits per heavy atom. The second-order valence-corrected chi connectivity index (χ2v) is 8.47. The number of H-pyrrole nitrogens is 1. The van der Waals surface area contributed by atoms with Gasteiger partial charge >= 0.3 is 0 Å². The summed E-state index contributed by atoms with van der Waals surface area (Å²) in [5, 5.41) is 3.08. The lowest BCUT2D eigenvalue weighted by molar-refractivity contribution is -0.115. The molecule has 0 spiro atoms. The number of carbonyl (C=O) groups is 1. The Balaban J connectivity index is 1.47. The third-order valence-electron chi connectivity index (χ3n) is 5.03. The number of anilines is 1. The summed E-state index contributed by atoms with van der Waals surface area (Å²) >= 11 is 0. The summed E-state index contributed by atoms with van der Waals surface area (Å²) in [6.07, 6.45) is 4.27. The number of halogens is 2. The smallest absolute Gasteiger partial charge is 0.228 e. The minimum absolute atomic E-state index is 0.0830. The topological polar surface area (TPSA) is 70.7 Å². The molecule has 3 aromatic heterocycles. The van der Waals surface area contributed by atoms with Crippen molar-refractivity contribution in [3.63, 3.8) is 0 Å². The normalized spacial score (nSPS) is 11.6.